The van der Waals surface area contributed by atoms with Crippen molar-refractivity contribution in [2.45, 2.75) is 13.0 Å². The molecule has 0 radical (unpaired) electrons. The molecular weight excluding hydrogens is 234 g/mol. The molecular formula is C13H17NO4. The van der Waals surface area contributed by atoms with Crippen molar-refractivity contribution in [3.63, 3.8) is 0 Å². The second-order valence-corrected chi connectivity index (χ2v) is 3.71. The van der Waals surface area contributed by atoms with Crippen LogP contribution in [0.1, 0.15) is 22.3 Å². The Kier molecular flexibility index (Phi) is 5.87. The van der Waals surface area contributed by atoms with E-state index in [2.05, 4.69) is 10.1 Å². The highest BCUT2D eigenvalue weighted by Crippen LogP contribution is 2.05. The normalized spacial score (nSPS) is 9.89. The summed E-state index contributed by atoms with van der Waals surface area (Å²) in [5.41, 5.74) is 1.42. The molecule has 0 aliphatic carbocycles. The standard InChI is InChI=1S/C13H17NO4/c1-17-8-7-12(15)14-9-10-3-5-11(6-4-10)13(16)18-2/h3-6H,7-9H2,1-2H3,(H,14,15). The van der Waals surface area contributed by atoms with Crippen LogP contribution in [0.25, 0.3) is 0 Å². The molecule has 0 saturated heterocycles. The maximum atomic E-state index is 11.3. The van der Waals surface area contributed by atoms with E-state index in [1.54, 1.807) is 31.4 Å². The largest absolute Gasteiger partial charge is 0.465 e. The minimum Gasteiger partial charge on any atom is -0.465 e. The SMILES string of the molecule is COCCC(=O)NCc1ccc(C(=O)OC)cc1. The molecule has 18 heavy (non-hydrogen) atoms. The lowest BCUT2D eigenvalue weighted by Crippen LogP contribution is -2.23. The van der Waals surface area contributed by atoms with E-state index >= 15 is 0 Å². The fraction of sp³-hybridized carbons (Fsp3) is 0.385. The molecule has 1 N–H and O–H groups in total. The molecule has 0 aromatic heterocycles. The van der Waals surface area contributed by atoms with Gasteiger partial charge in [0.25, 0.3) is 0 Å². The van der Waals surface area contributed by atoms with Crippen molar-refractivity contribution in [3.8, 4) is 0 Å². The van der Waals surface area contributed by atoms with Crippen molar-refractivity contribution < 1.29 is 19.1 Å². The number of hydrogen-bond donors (Lipinski definition) is 1. The Labute approximate surface area is 106 Å². The van der Waals surface area contributed by atoms with Gasteiger partial charge >= 0.3 is 5.97 Å². The highest BCUT2D eigenvalue weighted by molar-refractivity contribution is 5.89. The van der Waals surface area contributed by atoms with Crippen LogP contribution >= 0.6 is 0 Å². The molecule has 0 bridgehead atoms. The molecule has 0 spiro atoms. The minimum atomic E-state index is -0.370. The van der Waals surface area contributed by atoms with Gasteiger partial charge in [-0.15, -0.1) is 0 Å². The lowest BCUT2D eigenvalue weighted by atomic mass is 10.1. The fourth-order valence-corrected chi connectivity index (χ4v) is 1.36. The third-order valence-electron chi connectivity index (χ3n) is 2.40. The summed E-state index contributed by atoms with van der Waals surface area (Å²) in [6, 6.07) is 6.90. The summed E-state index contributed by atoms with van der Waals surface area (Å²) in [4.78, 5) is 22.5. The molecule has 0 aliphatic heterocycles. The maximum Gasteiger partial charge on any atom is 0.337 e. The van der Waals surface area contributed by atoms with Crippen LogP contribution in [0.15, 0.2) is 24.3 Å². The Balaban J connectivity index is 2.44. The fourth-order valence-electron chi connectivity index (χ4n) is 1.36. The first-order valence-electron chi connectivity index (χ1n) is 5.60. The molecule has 1 aromatic carbocycles. The molecule has 0 unspecified atom stereocenters. The summed E-state index contributed by atoms with van der Waals surface area (Å²) in [6.07, 6.45) is 0.344. The van der Waals surface area contributed by atoms with Gasteiger partial charge in [0, 0.05) is 20.1 Å². The molecule has 1 aromatic rings. The molecule has 1 rings (SSSR count). The van der Waals surface area contributed by atoms with Gasteiger partial charge in [-0.2, -0.15) is 0 Å². The Morgan fingerprint density at radius 2 is 1.83 bits per heavy atom. The van der Waals surface area contributed by atoms with E-state index in [0.29, 0.717) is 25.1 Å². The number of benzene rings is 1. The number of carbonyl (C=O) groups is 2. The van der Waals surface area contributed by atoms with Gasteiger partial charge in [-0.05, 0) is 17.7 Å². The highest BCUT2D eigenvalue weighted by Gasteiger charge is 2.05. The topological polar surface area (TPSA) is 64.6 Å². The van der Waals surface area contributed by atoms with Crippen molar-refractivity contribution in [2.75, 3.05) is 20.8 Å². The Morgan fingerprint density at radius 3 is 2.39 bits per heavy atom. The van der Waals surface area contributed by atoms with E-state index in [-0.39, 0.29) is 11.9 Å². The quantitative estimate of drug-likeness (QED) is 0.770. The van der Waals surface area contributed by atoms with Crippen LogP contribution in [0.5, 0.6) is 0 Å². The molecule has 1 amide bonds. The zero-order valence-corrected chi connectivity index (χ0v) is 10.6. The van der Waals surface area contributed by atoms with Crippen LogP contribution < -0.4 is 5.32 Å². The van der Waals surface area contributed by atoms with E-state index in [9.17, 15) is 9.59 Å². The van der Waals surface area contributed by atoms with Crippen molar-refractivity contribution in [2.24, 2.45) is 0 Å². The molecule has 0 saturated carbocycles. The lowest BCUT2D eigenvalue weighted by Gasteiger charge is -2.05. The van der Waals surface area contributed by atoms with E-state index < -0.39 is 0 Å². The second-order valence-electron chi connectivity index (χ2n) is 3.71. The number of carbonyl (C=O) groups excluding carboxylic acids is 2. The van der Waals surface area contributed by atoms with Gasteiger partial charge in [-0.3, -0.25) is 4.79 Å². The van der Waals surface area contributed by atoms with Gasteiger partial charge in [0.15, 0.2) is 0 Å². The Bertz CT molecular complexity index is 400. The van der Waals surface area contributed by atoms with E-state index in [1.165, 1.54) is 7.11 Å². The first-order valence-corrected chi connectivity index (χ1v) is 5.60. The number of rotatable bonds is 6. The van der Waals surface area contributed by atoms with Gasteiger partial charge in [0.1, 0.15) is 0 Å². The molecule has 5 nitrogen and oxygen atoms in total. The average Bonchev–Trinajstić information content (AvgIpc) is 2.42. The predicted molar refractivity (Wildman–Crippen MR) is 66.1 cm³/mol. The average molecular weight is 251 g/mol. The smallest absolute Gasteiger partial charge is 0.337 e. The maximum absolute atomic E-state index is 11.3. The number of amides is 1. The number of hydrogen-bond acceptors (Lipinski definition) is 4. The summed E-state index contributed by atoms with van der Waals surface area (Å²) >= 11 is 0. The summed E-state index contributed by atoms with van der Waals surface area (Å²) in [6.45, 7) is 0.844. The monoisotopic (exact) mass is 251 g/mol. The van der Waals surface area contributed by atoms with Gasteiger partial charge in [0.2, 0.25) is 5.91 Å². The first-order chi connectivity index (χ1) is 8.67. The summed E-state index contributed by atoms with van der Waals surface area (Å²) < 4.78 is 9.40. The molecule has 5 heteroatoms. The Morgan fingerprint density at radius 1 is 1.17 bits per heavy atom. The van der Waals surface area contributed by atoms with Gasteiger partial charge in [-0.25, -0.2) is 4.79 Å². The summed E-state index contributed by atoms with van der Waals surface area (Å²) in [5.74, 6) is -0.431. The number of esters is 1. The van der Waals surface area contributed by atoms with Gasteiger partial charge in [-0.1, -0.05) is 12.1 Å². The molecule has 98 valence electrons. The Hall–Kier alpha value is -1.88. The van der Waals surface area contributed by atoms with Crippen LogP contribution in [0.4, 0.5) is 0 Å². The van der Waals surface area contributed by atoms with Crippen LogP contribution in [-0.2, 0) is 20.8 Å². The zero-order chi connectivity index (χ0) is 13.4. The van der Waals surface area contributed by atoms with E-state index in [0.717, 1.165) is 5.56 Å². The number of ether oxygens (including phenoxy) is 2. The van der Waals surface area contributed by atoms with Gasteiger partial charge in [0.05, 0.1) is 19.3 Å². The third-order valence-corrected chi connectivity index (χ3v) is 2.40. The molecule has 0 fully saturated rings. The number of nitrogens with one attached hydrogen (secondary N) is 1. The zero-order valence-electron chi connectivity index (χ0n) is 10.6. The van der Waals surface area contributed by atoms with Gasteiger partial charge < -0.3 is 14.8 Å². The molecule has 0 atom stereocenters. The van der Waals surface area contributed by atoms with Crippen molar-refractivity contribution in [3.05, 3.63) is 35.4 Å². The summed E-state index contributed by atoms with van der Waals surface area (Å²) in [5, 5.41) is 2.76. The molecule has 0 aliphatic rings. The van der Waals surface area contributed by atoms with Crippen molar-refractivity contribution in [1.82, 2.24) is 5.32 Å². The van der Waals surface area contributed by atoms with Crippen LogP contribution in [-0.4, -0.2) is 32.7 Å². The minimum absolute atomic E-state index is 0.0612. The van der Waals surface area contributed by atoms with Crippen LogP contribution in [0.3, 0.4) is 0 Å². The first kappa shape index (κ1) is 14.2. The lowest BCUT2D eigenvalue weighted by molar-refractivity contribution is -0.122. The van der Waals surface area contributed by atoms with Crippen LogP contribution in [0.2, 0.25) is 0 Å². The predicted octanol–water partition coefficient (Wildman–Crippen LogP) is 1.13. The van der Waals surface area contributed by atoms with Crippen LogP contribution in [0, 0.1) is 0 Å². The van der Waals surface area contributed by atoms with Crippen molar-refractivity contribution in [1.29, 1.82) is 0 Å². The highest BCUT2D eigenvalue weighted by atomic mass is 16.5. The molecule has 0 heterocycles. The number of methoxy groups -OCH3 is 2. The summed E-state index contributed by atoms with van der Waals surface area (Å²) in [7, 11) is 2.89. The van der Waals surface area contributed by atoms with E-state index in [1.807, 2.05) is 0 Å². The third kappa shape index (κ3) is 4.55. The second kappa shape index (κ2) is 7.45. The van der Waals surface area contributed by atoms with Crippen molar-refractivity contribution >= 4 is 11.9 Å². The van der Waals surface area contributed by atoms with E-state index in [4.69, 9.17) is 4.74 Å².